The molecule has 0 saturated heterocycles. The molecule has 0 radical (unpaired) electrons. The van der Waals surface area contributed by atoms with Gasteiger partial charge in [0.2, 0.25) is 0 Å². The van der Waals surface area contributed by atoms with Crippen molar-refractivity contribution in [1.29, 1.82) is 0 Å². The second-order valence-corrected chi connectivity index (χ2v) is 5.68. The molecule has 4 nitrogen and oxygen atoms in total. The largest absolute Gasteiger partial charge is 0.508 e. The Hall–Kier alpha value is -3.01. The predicted molar refractivity (Wildman–Crippen MR) is 102 cm³/mol. The average molecular weight is 337 g/mol. The molecule has 0 aliphatic rings. The first kappa shape index (κ1) is 18.3. The van der Waals surface area contributed by atoms with Gasteiger partial charge in [0, 0.05) is 22.9 Å². The number of nitrogen functional groups attached to an aromatic ring is 1. The zero-order chi connectivity index (χ0) is 18.2. The van der Waals surface area contributed by atoms with E-state index >= 15 is 0 Å². The van der Waals surface area contributed by atoms with Crippen LogP contribution in [0.15, 0.2) is 55.1 Å². The van der Waals surface area contributed by atoms with E-state index in [4.69, 9.17) is 10.5 Å². The Labute approximate surface area is 148 Å². The van der Waals surface area contributed by atoms with Gasteiger partial charge in [0.05, 0.1) is 6.61 Å². The number of anilines is 1. The van der Waals surface area contributed by atoms with Crippen molar-refractivity contribution in [1.82, 2.24) is 0 Å². The molecule has 0 saturated carbocycles. The van der Waals surface area contributed by atoms with Crippen LogP contribution < -0.4 is 10.5 Å². The van der Waals surface area contributed by atoms with Gasteiger partial charge in [-0.2, -0.15) is 0 Å². The molecular formula is C21H23NO3. The van der Waals surface area contributed by atoms with Crippen molar-refractivity contribution >= 4 is 17.5 Å². The van der Waals surface area contributed by atoms with Gasteiger partial charge in [0.15, 0.2) is 5.78 Å². The van der Waals surface area contributed by atoms with Crippen LogP contribution in [-0.2, 0) is 6.42 Å². The maximum atomic E-state index is 12.3. The molecule has 25 heavy (non-hydrogen) atoms. The molecule has 0 aliphatic carbocycles. The summed E-state index contributed by atoms with van der Waals surface area (Å²) < 4.78 is 5.69. The lowest BCUT2D eigenvalue weighted by atomic mass is 10.0. The average Bonchev–Trinajstić information content (AvgIpc) is 2.61. The van der Waals surface area contributed by atoms with Gasteiger partial charge < -0.3 is 15.6 Å². The lowest BCUT2D eigenvalue weighted by Gasteiger charge is -2.12. The number of phenols is 1. The van der Waals surface area contributed by atoms with E-state index in [1.54, 1.807) is 42.5 Å². The highest BCUT2D eigenvalue weighted by Gasteiger charge is 2.09. The fraction of sp³-hybridized carbons (Fsp3) is 0.190. The van der Waals surface area contributed by atoms with Gasteiger partial charge in [-0.15, -0.1) is 6.58 Å². The minimum atomic E-state index is -0.125. The van der Waals surface area contributed by atoms with E-state index in [1.807, 2.05) is 13.0 Å². The highest BCUT2D eigenvalue weighted by molar-refractivity contribution is 6.07. The third-order valence-corrected chi connectivity index (χ3v) is 3.65. The Kier molecular flexibility index (Phi) is 6.40. The number of hydrogen-bond acceptors (Lipinski definition) is 4. The van der Waals surface area contributed by atoms with E-state index in [0.717, 1.165) is 17.5 Å². The molecule has 0 atom stereocenters. The minimum Gasteiger partial charge on any atom is -0.508 e. The second kappa shape index (κ2) is 8.73. The van der Waals surface area contributed by atoms with Crippen molar-refractivity contribution in [2.45, 2.75) is 19.8 Å². The highest BCUT2D eigenvalue weighted by Crippen LogP contribution is 2.30. The van der Waals surface area contributed by atoms with Crippen molar-refractivity contribution in [3.63, 3.8) is 0 Å². The first-order valence-corrected chi connectivity index (χ1v) is 8.22. The number of benzene rings is 2. The maximum Gasteiger partial charge on any atom is 0.185 e. The summed E-state index contributed by atoms with van der Waals surface area (Å²) in [7, 11) is 0. The predicted octanol–water partition coefficient (Wildman–Crippen LogP) is 4.39. The molecule has 2 aromatic carbocycles. The standard InChI is InChI=1S/C21H23NO3/c1-3-5-16-13-17(21(14-20(16)24)25-12-4-2)8-11-19(23)15-6-9-18(22)10-7-15/h3,6-11,13-14,24H,1,4-5,12,22H2,2H3. The van der Waals surface area contributed by atoms with E-state index in [2.05, 4.69) is 6.58 Å². The third kappa shape index (κ3) is 4.98. The zero-order valence-electron chi connectivity index (χ0n) is 14.4. The Balaban J connectivity index is 2.31. The van der Waals surface area contributed by atoms with E-state index in [0.29, 0.717) is 30.0 Å². The normalized spacial score (nSPS) is 10.8. The van der Waals surface area contributed by atoms with Gasteiger partial charge in [0.1, 0.15) is 11.5 Å². The molecule has 0 unspecified atom stereocenters. The molecule has 130 valence electrons. The number of aromatic hydroxyl groups is 1. The van der Waals surface area contributed by atoms with Crippen LogP contribution >= 0.6 is 0 Å². The molecule has 0 bridgehead atoms. The summed E-state index contributed by atoms with van der Waals surface area (Å²) in [6, 6.07) is 10.2. The molecule has 0 heterocycles. The number of ether oxygens (including phenoxy) is 1. The molecule has 4 heteroatoms. The molecular weight excluding hydrogens is 314 g/mol. The van der Waals surface area contributed by atoms with Crippen LogP contribution in [0.25, 0.3) is 6.08 Å². The lowest BCUT2D eigenvalue weighted by Crippen LogP contribution is -1.99. The summed E-state index contributed by atoms with van der Waals surface area (Å²) in [5.41, 5.74) is 8.29. The number of hydrogen-bond donors (Lipinski definition) is 2. The van der Waals surface area contributed by atoms with Crippen LogP contribution in [-0.4, -0.2) is 17.5 Å². The van der Waals surface area contributed by atoms with Crippen molar-refractivity contribution < 1.29 is 14.6 Å². The highest BCUT2D eigenvalue weighted by atomic mass is 16.5. The molecule has 3 N–H and O–H groups in total. The van der Waals surface area contributed by atoms with Crippen molar-refractivity contribution in [2.24, 2.45) is 0 Å². The number of ketones is 1. The van der Waals surface area contributed by atoms with E-state index in [1.165, 1.54) is 6.08 Å². The smallest absolute Gasteiger partial charge is 0.185 e. The number of carbonyl (C=O) groups is 1. The number of phenolic OH excluding ortho intramolecular Hbond substituents is 1. The Morgan fingerprint density at radius 1 is 1.28 bits per heavy atom. The molecule has 0 spiro atoms. The van der Waals surface area contributed by atoms with Crippen molar-refractivity contribution in [3.05, 3.63) is 71.8 Å². The Bertz CT molecular complexity index is 776. The Morgan fingerprint density at radius 2 is 2.00 bits per heavy atom. The van der Waals surface area contributed by atoms with Crippen LogP contribution in [0.2, 0.25) is 0 Å². The van der Waals surface area contributed by atoms with Crippen molar-refractivity contribution in [3.8, 4) is 11.5 Å². The zero-order valence-corrected chi connectivity index (χ0v) is 14.4. The van der Waals surface area contributed by atoms with E-state index < -0.39 is 0 Å². The van der Waals surface area contributed by atoms with Crippen LogP contribution in [0.3, 0.4) is 0 Å². The summed E-state index contributed by atoms with van der Waals surface area (Å²) in [6.45, 7) is 6.24. The van der Waals surface area contributed by atoms with E-state index in [9.17, 15) is 9.90 Å². The lowest BCUT2D eigenvalue weighted by molar-refractivity contribution is 0.104. The number of carbonyl (C=O) groups excluding carboxylic acids is 1. The van der Waals surface area contributed by atoms with Crippen LogP contribution in [0.5, 0.6) is 11.5 Å². The van der Waals surface area contributed by atoms with Gasteiger partial charge in [-0.25, -0.2) is 0 Å². The van der Waals surface area contributed by atoms with Crippen LogP contribution in [0, 0.1) is 0 Å². The first-order valence-electron chi connectivity index (χ1n) is 8.22. The summed E-state index contributed by atoms with van der Waals surface area (Å²) in [5, 5.41) is 10.1. The molecule has 2 aromatic rings. The molecule has 0 aromatic heterocycles. The summed E-state index contributed by atoms with van der Waals surface area (Å²) in [5.74, 6) is 0.585. The number of rotatable bonds is 8. The first-order chi connectivity index (χ1) is 12.0. The Morgan fingerprint density at radius 3 is 2.64 bits per heavy atom. The van der Waals surface area contributed by atoms with Gasteiger partial charge in [-0.05, 0) is 60.9 Å². The van der Waals surface area contributed by atoms with Crippen molar-refractivity contribution in [2.75, 3.05) is 12.3 Å². The minimum absolute atomic E-state index is 0.125. The van der Waals surface area contributed by atoms with Gasteiger partial charge in [-0.1, -0.05) is 13.0 Å². The fourth-order valence-corrected chi connectivity index (χ4v) is 2.33. The SMILES string of the molecule is C=CCc1cc(C=CC(=O)c2ccc(N)cc2)c(OCCC)cc1O. The molecule has 0 aliphatic heterocycles. The number of allylic oxidation sites excluding steroid dienone is 2. The topological polar surface area (TPSA) is 72.6 Å². The monoisotopic (exact) mass is 337 g/mol. The van der Waals surface area contributed by atoms with Gasteiger partial charge >= 0.3 is 0 Å². The molecule has 2 rings (SSSR count). The fourth-order valence-electron chi connectivity index (χ4n) is 2.33. The van der Waals surface area contributed by atoms with Crippen LogP contribution in [0.4, 0.5) is 5.69 Å². The second-order valence-electron chi connectivity index (χ2n) is 5.68. The van der Waals surface area contributed by atoms with Gasteiger partial charge in [0.25, 0.3) is 0 Å². The summed E-state index contributed by atoms with van der Waals surface area (Å²) in [6.07, 6.45) is 6.30. The molecule has 0 amide bonds. The summed E-state index contributed by atoms with van der Waals surface area (Å²) in [4.78, 5) is 12.3. The van der Waals surface area contributed by atoms with Gasteiger partial charge in [-0.3, -0.25) is 4.79 Å². The number of nitrogens with two attached hydrogens (primary N) is 1. The summed E-state index contributed by atoms with van der Waals surface area (Å²) >= 11 is 0. The van der Waals surface area contributed by atoms with Crippen LogP contribution in [0.1, 0.15) is 34.8 Å². The third-order valence-electron chi connectivity index (χ3n) is 3.65. The van der Waals surface area contributed by atoms with E-state index in [-0.39, 0.29) is 11.5 Å². The maximum absolute atomic E-state index is 12.3. The molecule has 0 fully saturated rings. The quantitative estimate of drug-likeness (QED) is 0.324.